The molecule has 1 aromatic carbocycles. The number of hydrogen-bond acceptors (Lipinski definition) is 3. The number of rotatable bonds is 3. The van der Waals surface area contributed by atoms with E-state index in [4.69, 9.17) is 4.74 Å². The Bertz CT molecular complexity index is 648. The molecule has 0 aliphatic rings. The number of halogens is 1. The van der Waals surface area contributed by atoms with Crippen LogP contribution in [-0.4, -0.2) is 17.6 Å². The van der Waals surface area contributed by atoms with Crippen molar-refractivity contribution in [3.63, 3.8) is 0 Å². The van der Waals surface area contributed by atoms with Gasteiger partial charge < -0.3 is 9.72 Å². The molecule has 0 saturated carbocycles. The van der Waals surface area contributed by atoms with Gasteiger partial charge in [0.05, 0.1) is 6.61 Å². The van der Waals surface area contributed by atoms with Crippen LogP contribution in [0.5, 0.6) is 0 Å². The second-order valence-electron chi connectivity index (χ2n) is 3.86. The molecule has 2 rings (SSSR count). The Balaban J connectivity index is 2.50. The van der Waals surface area contributed by atoms with E-state index in [-0.39, 0.29) is 11.0 Å². The third-order valence-corrected chi connectivity index (χ3v) is 3.17. The van der Waals surface area contributed by atoms with Crippen molar-refractivity contribution in [1.82, 2.24) is 4.98 Å². The molecule has 18 heavy (non-hydrogen) atoms. The number of fused-ring (bicyclic) bond motifs is 1. The average Bonchev–Trinajstić information content (AvgIpc) is 2.37. The van der Waals surface area contributed by atoms with Crippen LogP contribution in [0.25, 0.3) is 10.9 Å². The van der Waals surface area contributed by atoms with E-state index < -0.39 is 5.97 Å². The van der Waals surface area contributed by atoms with E-state index in [1.807, 2.05) is 19.1 Å². The summed E-state index contributed by atoms with van der Waals surface area (Å²) >= 11 is 2.13. The fourth-order valence-corrected chi connectivity index (χ4v) is 2.11. The first-order chi connectivity index (χ1) is 8.63. The molecule has 0 saturated heterocycles. The lowest BCUT2D eigenvalue weighted by atomic mass is 10.1. The number of esters is 1. The van der Waals surface area contributed by atoms with E-state index in [0.29, 0.717) is 17.5 Å². The monoisotopic (exact) mass is 357 g/mol. The SMILES string of the molecule is CCCOC(=O)c1c[nH]c2ccc(I)cc2c1=O. The third kappa shape index (κ3) is 2.55. The van der Waals surface area contributed by atoms with Crippen LogP contribution >= 0.6 is 22.6 Å². The zero-order valence-corrected chi connectivity index (χ0v) is 12.0. The molecule has 94 valence electrons. The minimum Gasteiger partial charge on any atom is -0.462 e. The van der Waals surface area contributed by atoms with Crippen LogP contribution in [0.4, 0.5) is 0 Å². The van der Waals surface area contributed by atoms with Gasteiger partial charge in [0.1, 0.15) is 5.56 Å². The Morgan fingerprint density at radius 3 is 2.94 bits per heavy atom. The first-order valence-corrected chi connectivity index (χ1v) is 6.69. The second-order valence-corrected chi connectivity index (χ2v) is 5.10. The van der Waals surface area contributed by atoms with Gasteiger partial charge in [-0.25, -0.2) is 4.79 Å². The van der Waals surface area contributed by atoms with Crippen molar-refractivity contribution in [3.8, 4) is 0 Å². The number of hydrogen-bond donors (Lipinski definition) is 1. The summed E-state index contributed by atoms with van der Waals surface area (Å²) in [6.45, 7) is 2.23. The number of benzene rings is 1. The van der Waals surface area contributed by atoms with Crippen molar-refractivity contribution < 1.29 is 9.53 Å². The first kappa shape index (κ1) is 13.1. The van der Waals surface area contributed by atoms with Gasteiger partial charge in [0.2, 0.25) is 5.43 Å². The summed E-state index contributed by atoms with van der Waals surface area (Å²) in [4.78, 5) is 26.8. The van der Waals surface area contributed by atoms with Crippen LogP contribution in [0, 0.1) is 3.57 Å². The normalized spacial score (nSPS) is 10.6. The number of ether oxygens (including phenoxy) is 1. The fourth-order valence-electron chi connectivity index (χ4n) is 1.61. The molecule has 0 aliphatic carbocycles. The number of aromatic nitrogens is 1. The third-order valence-electron chi connectivity index (χ3n) is 2.50. The van der Waals surface area contributed by atoms with Crippen LogP contribution in [0.3, 0.4) is 0 Å². The van der Waals surface area contributed by atoms with Crippen molar-refractivity contribution >= 4 is 39.5 Å². The summed E-state index contributed by atoms with van der Waals surface area (Å²) in [5, 5.41) is 0.507. The van der Waals surface area contributed by atoms with Gasteiger partial charge in [-0.3, -0.25) is 4.79 Å². The molecule has 1 heterocycles. The highest BCUT2D eigenvalue weighted by Gasteiger charge is 2.14. The molecule has 5 heteroatoms. The number of carbonyl (C=O) groups is 1. The lowest BCUT2D eigenvalue weighted by Crippen LogP contribution is -2.18. The van der Waals surface area contributed by atoms with Crippen molar-refractivity contribution in [2.24, 2.45) is 0 Å². The molecule has 1 aromatic heterocycles. The number of aromatic amines is 1. The van der Waals surface area contributed by atoms with E-state index in [1.165, 1.54) is 6.20 Å². The van der Waals surface area contributed by atoms with E-state index in [9.17, 15) is 9.59 Å². The van der Waals surface area contributed by atoms with Gasteiger partial charge in [-0.05, 0) is 47.2 Å². The number of pyridine rings is 1. The Kier molecular flexibility index (Phi) is 4.00. The maximum Gasteiger partial charge on any atom is 0.343 e. The largest absolute Gasteiger partial charge is 0.462 e. The van der Waals surface area contributed by atoms with Gasteiger partial charge in [0.25, 0.3) is 0 Å². The molecule has 0 amide bonds. The Labute approximate surface area is 117 Å². The zero-order valence-electron chi connectivity index (χ0n) is 9.83. The summed E-state index contributed by atoms with van der Waals surface area (Å²) in [6, 6.07) is 5.47. The van der Waals surface area contributed by atoms with Crippen molar-refractivity contribution in [3.05, 3.63) is 43.8 Å². The van der Waals surface area contributed by atoms with Crippen molar-refractivity contribution in [2.75, 3.05) is 6.61 Å². The molecule has 0 aliphatic heterocycles. The van der Waals surface area contributed by atoms with E-state index in [2.05, 4.69) is 27.6 Å². The molecule has 0 atom stereocenters. The van der Waals surface area contributed by atoms with Crippen molar-refractivity contribution in [1.29, 1.82) is 0 Å². The first-order valence-electron chi connectivity index (χ1n) is 5.61. The molecule has 1 N–H and O–H groups in total. The molecule has 0 radical (unpaired) electrons. The Morgan fingerprint density at radius 1 is 1.44 bits per heavy atom. The summed E-state index contributed by atoms with van der Waals surface area (Å²) in [5.41, 5.74) is 0.480. The maximum atomic E-state index is 12.2. The minimum atomic E-state index is -0.570. The quantitative estimate of drug-likeness (QED) is 0.679. The highest BCUT2D eigenvalue weighted by Crippen LogP contribution is 2.13. The average molecular weight is 357 g/mol. The van der Waals surface area contributed by atoms with E-state index in [1.54, 1.807) is 6.07 Å². The van der Waals surface area contributed by atoms with Crippen LogP contribution in [-0.2, 0) is 4.74 Å². The zero-order chi connectivity index (χ0) is 13.1. The van der Waals surface area contributed by atoms with Crippen LogP contribution < -0.4 is 5.43 Å². The predicted octanol–water partition coefficient (Wildman–Crippen LogP) is 2.70. The van der Waals surface area contributed by atoms with Crippen LogP contribution in [0.15, 0.2) is 29.2 Å². The minimum absolute atomic E-state index is 0.0537. The molecular weight excluding hydrogens is 345 g/mol. The summed E-state index contributed by atoms with van der Waals surface area (Å²) < 4.78 is 5.93. The van der Waals surface area contributed by atoms with Gasteiger partial charge in [0.15, 0.2) is 0 Å². The summed E-state index contributed by atoms with van der Waals surface area (Å²) in [6.07, 6.45) is 2.14. The molecule has 0 spiro atoms. The second kappa shape index (κ2) is 5.51. The maximum absolute atomic E-state index is 12.2. The van der Waals surface area contributed by atoms with Gasteiger partial charge in [-0.1, -0.05) is 6.92 Å². The molecule has 0 bridgehead atoms. The molecular formula is C13H12INO3. The number of H-pyrrole nitrogens is 1. The predicted molar refractivity (Wildman–Crippen MR) is 77.9 cm³/mol. The smallest absolute Gasteiger partial charge is 0.343 e. The Morgan fingerprint density at radius 2 is 2.22 bits per heavy atom. The molecule has 0 unspecified atom stereocenters. The highest BCUT2D eigenvalue weighted by molar-refractivity contribution is 14.1. The summed E-state index contributed by atoms with van der Waals surface area (Å²) in [7, 11) is 0. The molecule has 0 fully saturated rings. The topological polar surface area (TPSA) is 59.2 Å². The number of carbonyl (C=O) groups excluding carboxylic acids is 1. The lowest BCUT2D eigenvalue weighted by Gasteiger charge is -2.04. The van der Waals surface area contributed by atoms with Gasteiger partial charge in [0, 0.05) is 20.7 Å². The fraction of sp³-hybridized carbons (Fsp3) is 0.231. The molecule has 2 aromatic rings. The van der Waals surface area contributed by atoms with E-state index >= 15 is 0 Å². The van der Waals surface area contributed by atoms with Gasteiger partial charge >= 0.3 is 5.97 Å². The lowest BCUT2D eigenvalue weighted by molar-refractivity contribution is 0.0503. The van der Waals surface area contributed by atoms with Gasteiger partial charge in [-0.15, -0.1) is 0 Å². The van der Waals surface area contributed by atoms with Crippen LogP contribution in [0.2, 0.25) is 0 Å². The van der Waals surface area contributed by atoms with Crippen LogP contribution in [0.1, 0.15) is 23.7 Å². The van der Waals surface area contributed by atoms with Gasteiger partial charge in [-0.2, -0.15) is 0 Å². The standard InChI is InChI=1S/C13H12INO3/c1-2-5-18-13(17)10-7-15-11-4-3-8(14)6-9(11)12(10)16/h3-4,6-7H,2,5H2,1H3,(H,15,16). The highest BCUT2D eigenvalue weighted by atomic mass is 127. The number of nitrogens with one attached hydrogen (secondary N) is 1. The Hall–Kier alpha value is -1.37. The summed E-state index contributed by atoms with van der Waals surface area (Å²) in [5.74, 6) is -0.570. The molecule has 4 nitrogen and oxygen atoms in total. The van der Waals surface area contributed by atoms with Crippen molar-refractivity contribution in [2.45, 2.75) is 13.3 Å². The van der Waals surface area contributed by atoms with E-state index in [0.717, 1.165) is 9.99 Å².